The molecule has 7 aromatic carbocycles. The molecule has 4 nitrogen and oxygen atoms in total. The molecular weight excluding hydrogens is 633 g/mol. The van der Waals surface area contributed by atoms with Crippen molar-refractivity contribution in [3.63, 3.8) is 0 Å². The van der Waals surface area contributed by atoms with Crippen LogP contribution >= 0.6 is 0 Å². The van der Waals surface area contributed by atoms with Gasteiger partial charge in [-0.05, 0) is 69.7 Å². The van der Waals surface area contributed by atoms with Crippen molar-refractivity contribution in [2.24, 2.45) is 0 Å². The van der Waals surface area contributed by atoms with E-state index in [2.05, 4.69) is 56.3 Å². The maximum atomic E-state index is 9.17. The minimum atomic E-state index is -0.254. The number of hydrogen-bond acceptors (Lipinski definition) is 3. The molecule has 2 heterocycles. The Bertz CT molecular complexity index is 3030. The smallest absolute Gasteiger partial charge is 0.164 e. The van der Waals surface area contributed by atoms with E-state index in [1.54, 1.807) is 4.57 Å². The Morgan fingerprint density at radius 1 is 0.462 bits per heavy atom. The second-order valence-electron chi connectivity index (χ2n) is 13.6. The van der Waals surface area contributed by atoms with Gasteiger partial charge < -0.3 is 4.57 Å². The number of rotatable bonds is 5. The lowest BCUT2D eigenvalue weighted by Crippen LogP contribution is -2.14. The SMILES string of the molecule is [2H]c1cc([2H])c2c(c1[2H])c1c([2H])c([2H])cc([2H])c1n2-c1cc(-c2ccc3c(c2)C(C)(C)c2ccccc2-3)cc(-c2nc(-c3ccccc3)nc(-c3ccccc3)n2)c1. The van der Waals surface area contributed by atoms with Gasteiger partial charge in [0.1, 0.15) is 0 Å². The van der Waals surface area contributed by atoms with E-state index >= 15 is 0 Å². The first-order valence-corrected chi connectivity index (χ1v) is 17.3. The summed E-state index contributed by atoms with van der Waals surface area (Å²) >= 11 is 0. The van der Waals surface area contributed by atoms with Crippen LogP contribution in [0.15, 0.2) is 170 Å². The lowest BCUT2D eigenvalue weighted by atomic mass is 9.81. The highest BCUT2D eigenvalue weighted by Crippen LogP contribution is 2.49. The molecule has 1 aliphatic rings. The molecule has 0 atom stereocenters. The summed E-state index contributed by atoms with van der Waals surface area (Å²) in [5.74, 6) is 1.40. The summed E-state index contributed by atoms with van der Waals surface area (Å²) in [5, 5.41) is 0.393. The minimum absolute atomic E-state index is 0.0283. The van der Waals surface area contributed by atoms with Crippen molar-refractivity contribution in [3.05, 3.63) is 181 Å². The highest BCUT2D eigenvalue weighted by atomic mass is 15.0. The first-order chi connectivity index (χ1) is 28.0. The summed E-state index contributed by atoms with van der Waals surface area (Å²) in [6, 6.07) is 42.4. The van der Waals surface area contributed by atoms with Gasteiger partial charge >= 0.3 is 0 Å². The van der Waals surface area contributed by atoms with Crippen LogP contribution < -0.4 is 0 Å². The first-order valence-electron chi connectivity index (χ1n) is 20.3. The van der Waals surface area contributed by atoms with Crippen molar-refractivity contribution in [1.29, 1.82) is 0 Å². The molecule has 0 fully saturated rings. The lowest BCUT2D eigenvalue weighted by Gasteiger charge is -2.22. The molecule has 10 rings (SSSR count). The van der Waals surface area contributed by atoms with E-state index in [0.717, 1.165) is 22.3 Å². The molecule has 0 radical (unpaired) electrons. The van der Waals surface area contributed by atoms with Gasteiger partial charge in [-0.1, -0.05) is 147 Å². The van der Waals surface area contributed by atoms with Gasteiger partial charge in [-0.2, -0.15) is 0 Å². The maximum Gasteiger partial charge on any atom is 0.164 e. The molecule has 9 aromatic rings. The topological polar surface area (TPSA) is 43.6 Å². The molecule has 4 heteroatoms. The molecule has 2 aromatic heterocycles. The van der Waals surface area contributed by atoms with Crippen LogP contribution in [-0.4, -0.2) is 19.5 Å². The maximum absolute atomic E-state index is 9.17. The molecule has 0 bridgehead atoms. The predicted molar refractivity (Wildman–Crippen MR) is 213 cm³/mol. The third kappa shape index (κ3) is 4.79. The van der Waals surface area contributed by atoms with Crippen molar-refractivity contribution >= 4 is 21.8 Å². The Hall–Kier alpha value is -6.65. The van der Waals surface area contributed by atoms with Crippen LogP contribution in [0.5, 0.6) is 0 Å². The van der Waals surface area contributed by atoms with Gasteiger partial charge in [-0.3, -0.25) is 0 Å². The Kier molecular flexibility index (Phi) is 5.52. The fourth-order valence-electron chi connectivity index (χ4n) is 7.63. The summed E-state index contributed by atoms with van der Waals surface area (Å²) < 4.78 is 55.1. The highest BCUT2D eigenvalue weighted by Gasteiger charge is 2.35. The van der Waals surface area contributed by atoms with Crippen molar-refractivity contribution in [2.45, 2.75) is 19.3 Å². The molecular formula is C48H34N4. The molecule has 0 aliphatic heterocycles. The lowest BCUT2D eigenvalue weighted by molar-refractivity contribution is 0.660. The zero-order valence-electron chi connectivity index (χ0n) is 34.5. The van der Waals surface area contributed by atoms with E-state index < -0.39 is 0 Å². The zero-order valence-corrected chi connectivity index (χ0v) is 28.5. The van der Waals surface area contributed by atoms with Crippen LogP contribution in [0.25, 0.3) is 83.9 Å². The molecule has 0 unspecified atom stereocenters. The summed E-state index contributed by atoms with van der Waals surface area (Å²) in [6.07, 6.45) is 0. The Balaban J connectivity index is 1.30. The van der Waals surface area contributed by atoms with Crippen LogP contribution in [0, 0.1) is 0 Å². The molecule has 0 amide bonds. The van der Waals surface area contributed by atoms with Gasteiger partial charge in [0.25, 0.3) is 0 Å². The van der Waals surface area contributed by atoms with Gasteiger partial charge in [-0.15, -0.1) is 0 Å². The van der Waals surface area contributed by atoms with Gasteiger partial charge in [0.15, 0.2) is 17.5 Å². The van der Waals surface area contributed by atoms with E-state index in [4.69, 9.17) is 23.2 Å². The van der Waals surface area contributed by atoms with Crippen LogP contribution in [0.1, 0.15) is 33.2 Å². The first kappa shape index (κ1) is 24.5. The van der Waals surface area contributed by atoms with E-state index in [1.807, 2.05) is 78.9 Å². The second-order valence-corrected chi connectivity index (χ2v) is 13.6. The van der Waals surface area contributed by atoms with E-state index in [1.165, 1.54) is 34.4 Å². The standard InChI is InChI=1S/C48H34N4/c1-48(2)41-22-12-9-19-37(41)38-26-25-33(30-42(38)48)34-27-35(29-36(28-34)52-43-23-13-10-20-39(43)40-21-11-14-24-44(40)52)47-50-45(31-15-5-3-6-16-31)49-46(51-47)32-17-7-4-8-18-32/h3-30H,1-2H3/i10D,11D,20D,21D,23D,24D. The number of aromatic nitrogens is 4. The number of fused-ring (bicyclic) bond motifs is 6. The van der Waals surface area contributed by atoms with E-state index in [0.29, 0.717) is 28.7 Å². The Morgan fingerprint density at radius 3 is 1.63 bits per heavy atom. The van der Waals surface area contributed by atoms with Gasteiger partial charge in [-0.25, -0.2) is 15.0 Å². The molecule has 246 valence electrons. The Morgan fingerprint density at radius 2 is 1.00 bits per heavy atom. The summed E-state index contributed by atoms with van der Waals surface area (Å²) in [6.45, 7) is 4.48. The predicted octanol–water partition coefficient (Wildman–Crippen LogP) is 11.9. The minimum Gasteiger partial charge on any atom is -0.309 e. The monoisotopic (exact) mass is 672 g/mol. The molecule has 0 saturated carbocycles. The largest absolute Gasteiger partial charge is 0.309 e. The molecule has 1 aliphatic carbocycles. The molecule has 0 N–H and O–H groups in total. The highest BCUT2D eigenvalue weighted by molar-refractivity contribution is 6.09. The number of para-hydroxylation sites is 2. The number of hydrogen-bond donors (Lipinski definition) is 0. The van der Waals surface area contributed by atoms with Crippen LogP contribution in [0.4, 0.5) is 0 Å². The van der Waals surface area contributed by atoms with Crippen molar-refractivity contribution in [1.82, 2.24) is 19.5 Å². The molecule has 0 spiro atoms. The third-order valence-corrected chi connectivity index (χ3v) is 10.2. The number of benzene rings is 7. The fraction of sp³-hybridized carbons (Fsp3) is 0.0625. The van der Waals surface area contributed by atoms with Crippen LogP contribution in [0.2, 0.25) is 0 Å². The van der Waals surface area contributed by atoms with Gasteiger partial charge in [0.2, 0.25) is 0 Å². The van der Waals surface area contributed by atoms with Crippen LogP contribution in [-0.2, 0) is 5.41 Å². The number of nitrogens with zero attached hydrogens (tertiary/aromatic N) is 4. The van der Waals surface area contributed by atoms with Crippen molar-refractivity contribution < 1.29 is 8.22 Å². The Labute approximate surface area is 311 Å². The average Bonchev–Trinajstić information content (AvgIpc) is 3.73. The quantitative estimate of drug-likeness (QED) is 0.183. The van der Waals surface area contributed by atoms with Gasteiger partial charge in [0, 0.05) is 38.6 Å². The zero-order chi connectivity index (χ0) is 40.0. The fourth-order valence-corrected chi connectivity index (χ4v) is 7.63. The van der Waals surface area contributed by atoms with Crippen molar-refractivity contribution in [3.8, 4) is 62.1 Å². The van der Waals surface area contributed by atoms with E-state index in [-0.39, 0.29) is 63.5 Å². The molecule has 52 heavy (non-hydrogen) atoms. The van der Waals surface area contributed by atoms with Gasteiger partial charge in [0.05, 0.1) is 19.3 Å². The summed E-state index contributed by atoms with van der Waals surface area (Å²) in [7, 11) is 0. The van der Waals surface area contributed by atoms with Crippen LogP contribution in [0.3, 0.4) is 0 Å². The third-order valence-electron chi connectivity index (χ3n) is 10.2. The second kappa shape index (κ2) is 11.7. The molecule has 0 saturated heterocycles. The summed E-state index contributed by atoms with van der Waals surface area (Å²) in [4.78, 5) is 15.0. The average molecular weight is 673 g/mol. The summed E-state index contributed by atoms with van der Waals surface area (Å²) in [5.41, 5.74) is 9.76. The van der Waals surface area contributed by atoms with Crippen molar-refractivity contribution in [2.75, 3.05) is 0 Å². The van der Waals surface area contributed by atoms with E-state index in [9.17, 15) is 0 Å². The normalized spacial score (nSPS) is 14.6.